The van der Waals surface area contributed by atoms with Crippen LogP contribution in [0.4, 0.5) is 0 Å². The molecule has 0 aliphatic heterocycles. The van der Waals surface area contributed by atoms with Gasteiger partial charge in [-0.2, -0.15) is 24.3 Å². The summed E-state index contributed by atoms with van der Waals surface area (Å²) < 4.78 is 8.97. The van der Waals surface area contributed by atoms with Crippen molar-refractivity contribution in [1.82, 2.24) is 0 Å². The Balaban J connectivity index is -0.000000175. The molecule has 2 nitrogen and oxygen atoms in total. The van der Waals surface area contributed by atoms with Gasteiger partial charge in [0.2, 0.25) is 0 Å². The summed E-state index contributed by atoms with van der Waals surface area (Å²) in [5.74, 6) is 0.502. The summed E-state index contributed by atoms with van der Waals surface area (Å²) in [6.07, 6.45) is 0. The van der Waals surface area contributed by atoms with Gasteiger partial charge in [-0.25, -0.2) is 0 Å². The zero-order valence-corrected chi connectivity index (χ0v) is 20.9. The number of aliphatic hydroxyl groups is 1. The summed E-state index contributed by atoms with van der Waals surface area (Å²) in [5.41, 5.74) is 5.51. The Kier molecular flexibility index (Phi) is 27.4. The fraction of sp³-hybridized carbons (Fsp3) is 0.263. The zero-order valence-electron chi connectivity index (χ0n) is 15.7. The van der Waals surface area contributed by atoms with Crippen molar-refractivity contribution in [3.63, 3.8) is 0 Å². The molecule has 0 bridgehead atoms. The van der Waals surface area contributed by atoms with Crippen LogP contribution in [0.1, 0.15) is 24.0 Å². The van der Waals surface area contributed by atoms with Crippen LogP contribution in [0.15, 0.2) is 42.5 Å². The molecule has 0 saturated heterocycles. The van der Waals surface area contributed by atoms with E-state index in [1.54, 1.807) is 0 Å². The molecular weight excluding hydrogens is 435 g/mol. The van der Waals surface area contributed by atoms with E-state index in [2.05, 4.69) is 77.0 Å². The maximum atomic E-state index is 8.97. The summed E-state index contributed by atoms with van der Waals surface area (Å²) in [7, 11) is 3.84. The van der Waals surface area contributed by atoms with Crippen LogP contribution < -0.4 is 0 Å². The second-order valence-corrected chi connectivity index (χ2v) is 6.79. The molecule has 0 saturated carbocycles. The average molecular weight is 462 g/mol. The molecule has 4 radical (unpaired) electrons. The van der Waals surface area contributed by atoms with Gasteiger partial charge in [-0.05, 0) is 11.5 Å². The van der Waals surface area contributed by atoms with Crippen LogP contribution >= 0.6 is 24.8 Å². The van der Waals surface area contributed by atoms with Gasteiger partial charge in [0.15, 0.2) is 0 Å². The summed E-state index contributed by atoms with van der Waals surface area (Å²) in [6.45, 7) is 9.60. The number of hydrogen-bond acceptors (Lipinski definition) is 2. The van der Waals surface area contributed by atoms with Crippen LogP contribution in [0, 0.1) is 20.4 Å². The Bertz CT molecular complexity index is 574. The quantitative estimate of drug-likeness (QED) is 0.442. The maximum absolute atomic E-state index is 8.97. The standard InChI is InChI=1S/C14H11.C2H5O.C2H6Si.CH3.2ClH.O.Si.Ti/c1-10-11-6-2-4-8-13(11)14-9-5-3-7-12(10)14;1-2-3;1-3-2;;;;;;/h2-6,8-10H,1H3;3H,1-2H2;1-2H3;1H3;2*1H;;;/q2*-1;;-1;;;;;. The number of fused-ring (bicyclic) bond motifs is 3. The van der Waals surface area contributed by atoms with E-state index < -0.39 is 17.9 Å². The first-order chi connectivity index (χ1) is 11.1. The SMILES string of the molecule is CC1c2[c-]cccc2-c2ccccc21.C[Si]C.Cl.Cl.[CH2-]CO.[CH3-].[O]=[Ti]=[Si]. The van der Waals surface area contributed by atoms with Crippen molar-refractivity contribution in [3.8, 4) is 11.1 Å². The van der Waals surface area contributed by atoms with E-state index in [0.717, 1.165) is 9.52 Å². The minimum atomic E-state index is -0.944. The van der Waals surface area contributed by atoms with Gasteiger partial charge >= 0.3 is 28.8 Å². The van der Waals surface area contributed by atoms with Crippen LogP contribution in [-0.2, 0) is 21.2 Å². The van der Waals surface area contributed by atoms with E-state index in [4.69, 9.17) is 8.43 Å². The van der Waals surface area contributed by atoms with Crippen LogP contribution in [0.5, 0.6) is 0 Å². The van der Waals surface area contributed by atoms with E-state index in [-0.39, 0.29) is 38.8 Å². The molecular formula is C19H27Cl2O2Si2Ti-3. The third-order valence-electron chi connectivity index (χ3n) is 3.04. The molecule has 0 spiro atoms. The van der Waals surface area contributed by atoms with Crippen molar-refractivity contribution < 1.29 is 26.3 Å². The van der Waals surface area contributed by atoms with Crippen molar-refractivity contribution in [2.45, 2.75) is 25.9 Å². The molecule has 0 aromatic heterocycles. The van der Waals surface area contributed by atoms with Gasteiger partial charge in [0.25, 0.3) is 0 Å². The van der Waals surface area contributed by atoms with Crippen LogP contribution in [0.2, 0.25) is 13.1 Å². The van der Waals surface area contributed by atoms with E-state index in [1.807, 2.05) is 6.07 Å². The molecule has 0 fully saturated rings. The van der Waals surface area contributed by atoms with Gasteiger partial charge in [-0.1, -0.05) is 56.5 Å². The molecule has 0 heterocycles. The van der Waals surface area contributed by atoms with Crippen LogP contribution in [0.25, 0.3) is 11.1 Å². The first-order valence-electron chi connectivity index (χ1n) is 7.25. The topological polar surface area (TPSA) is 37.3 Å². The number of hydrogen-bond donors (Lipinski definition) is 1. The molecule has 26 heavy (non-hydrogen) atoms. The molecule has 144 valence electrons. The molecule has 0 amide bonds. The Hall–Kier alpha value is -0.0719. The third-order valence-corrected chi connectivity index (χ3v) is 3.04. The average Bonchev–Trinajstić information content (AvgIpc) is 2.84. The van der Waals surface area contributed by atoms with Crippen molar-refractivity contribution in [2.24, 2.45) is 0 Å². The van der Waals surface area contributed by atoms with Crippen molar-refractivity contribution in [3.05, 3.63) is 74.0 Å². The van der Waals surface area contributed by atoms with Crippen molar-refractivity contribution in [1.29, 1.82) is 0 Å². The van der Waals surface area contributed by atoms with Crippen LogP contribution in [0.3, 0.4) is 0 Å². The van der Waals surface area contributed by atoms with Gasteiger partial charge in [-0.3, -0.25) is 0 Å². The second-order valence-electron chi connectivity index (χ2n) is 4.63. The van der Waals surface area contributed by atoms with Crippen LogP contribution in [-0.4, -0.2) is 28.9 Å². The molecule has 1 aliphatic rings. The predicted molar refractivity (Wildman–Crippen MR) is 116 cm³/mol. The third kappa shape index (κ3) is 10.9. The molecule has 7 heteroatoms. The number of aliphatic hydroxyl groups excluding tert-OH is 1. The second kappa shape index (κ2) is 21.2. The molecule has 1 atom stereocenters. The first kappa shape index (κ1) is 33.5. The summed E-state index contributed by atoms with van der Waals surface area (Å²) in [6, 6.07) is 18.2. The first-order valence-corrected chi connectivity index (χ1v) is 12.7. The Morgan fingerprint density at radius 2 is 1.62 bits per heavy atom. The minimum absolute atomic E-state index is 0. The Morgan fingerprint density at radius 1 is 1.19 bits per heavy atom. The Morgan fingerprint density at radius 3 is 2.12 bits per heavy atom. The van der Waals surface area contributed by atoms with E-state index in [9.17, 15) is 0 Å². The van der Waals surface area contributed by atoms with Crippen molar-refractivity contribution in [2.75, 3.05) is 6.61 Å². The summed E-state index contributed by atoms with van der Waals surface area (Å²) in [5, 5.41) is 7.46. The van der Waals surface area contributed by atoms with Gasteiger partial charge in [0.1, 0.15) is 0 Å². The molecule has 3 rings (SSSR count). The van der Waals surface area contributed by atoms with Gasteiger partial charge < -0.3 is 19.5 Å². The molecule has 1 N–H and O–H groups in total. The molecule has 2 aromatic carbocycles. The van der Waals surface area contributed by atoms with Gasteiger partial charge in [-0.15, -0.1) is 35.9 Å². The van der Waals surface area contributed by atoms with Gasteiger partial charge in [0, 0.05) is 9.52 Å². The van der Waals surface area contributed by atoms with Crippen molar-refractivity contribution >= 4 is 42.0 Å². The molecule has 1 unspecified atom stereocenters. The summed E-state index contributed by atoms with van der Waals surface area (Å²) in [4.78, 5) is 0. The number of halogens is 2. The van der Waals surface area contributed by atoms with E-state index in [1.165, 1.54) is 22.3 Å². The molecule has 1 aliphatic carbocycles. The van der Waals surface area contributed by atoms with Gasteiger partial charge in [0.05, 0.1) is 0 Å². The summed E-state index contributed by atoms with van der Waals surface area (Å²) >= 11 is -0.944. The fourth-order valence-electron chi connectivity index (χ4n) is 2.32. The normalized spacial score (nSPS) is 11.2. The monoisotopic (exact) mass is 461 g/mol. The zero-order chi connectivity index (χ0) is 17.7. The predicted octanol–water partition coefficient (Wildman–Crippen LogP) is 5.01. The van der Waals surface area contributed by atoms with E-state index in [0.29, 0.717) is 5.92 Å². The molecule has 2 aromatic rings. The fourth-order valence-corrected chi connectivity index (χ4v) is 2.32. The van der Waals surface area contributed by atoms with E-state index >= 15 is 0 Å². The number of benzene rings is 2. The number of rotatable bonds is 0. The Labute approximate surface area is 185 Å².